The SMILES string of the molecule is C=CCOC1C[C@H](n2ccc3c(N)ncnc32)O[C@@H]1COP(=O)(O)OP(=O)(O)OP(=O)(O)O. The molecule has 3 unspecified atom stereocenters. The summed E-state index contributed by atoms with van der Waals surface area (Å²) < 4.78 is 59.4. The van der Waals surface area contributed by atoms with Gasteiger partial charge in [-0.15, -0.1) is 6.58 Å². The van der Waals surface area contributed by atoms with E-state index in [-0.39, 0.29) is 18.8 Å². The number of ether oxygens (including phenoxy) is 2. The number of fused-ring (bicyclic) bond motifs is 1. The van der Waals surface area contributed by atoms with Crippen molar-refractivity contribution in [1.82, 2.24) is 14.5 Å². The summed E-state index contributed by atoms with van der Waals surface area (Å²) in [5, 5.41) is 0.585. The summed E-state index contributed by atoms with van der Waals surface area (Å²) in [5.41, 5.74) is 6.31. The number of aromatic nitrogens is 3. The van der Waals surface area contributed by atoms with Crippen LogP contribution in [-0.4, -0.2) is 59.5 Å². The molecular formula is C14H21N4O12P3. The van der Waals surface area contributed by atoms with Gasteiger partial charge in [-0.3, -0.25) is 4.52 Å². The quantitative estimate of drug-likeness (QED) is 0.203. The van der Waals surface area contributed by atoms with E-state index >= 15 is 0 Å². The zero-order valence-corrected chi connectivity index (χ0v) is 19.4. The van der Waals surface area contributed by atoms with Gasteiger partial charge in [0.05, 0.1) is 24.7 Å². The number of rotatable bonds is 11. The molecule has 5 atom stereocenters. The summed E-state index contributed by atoms with van der Waals surface area (Å²) in [6, 6.07) is 1.69. The normalized spacial score (nSPS) is 25.0. The van der Waals surface area contributed by atoms with Crippen LogP contribution < -0.4 is 5.73 Å². The van der Waals surface area contributed by atoms with Gasteiger partial charge in [0.2, 0.25) is 0 Å². The van der Waals surface area contributed by atoms with E-state index in [1.54, 1.807) is 16.8 Å². The first kappa shape index (κ1) is 26.1. The maximum Gasteiger partial charge on any atom is 0.490 e. The number of phosphoric acid groups is 3. The van der Waals surface area contributed by atoms with E-state index in [1.807, 2.05) is 0 Å². The Labute approximate surface area is 186 Å². The van der Waals surface area contributed by atoms with Crippen molar-refractivity contribution < 1.29 is 55.9 Å². The van der Waals surface area contributed by atoms with Gasteiger partial charge in [-0.05, 0) is 6.07 Å². The molecule has 2 aromatic rings. The number of nitrogens with zero attached hydrogens (tertiary/aromatic N) is 3. The van der Waals surface area contributed by atoms with Crippen molar-refractivity contribution >= 4 is 40.3 Å². The predicted octanol–water partition coefficient (Wildman–Crippen LogP) is 1.22. The van der Waals surface area contributed by atoms with Crippen LogP contribution in [0.15, 0.2) is 31.2 Å². The highest BCUT2D eigenvalue weighted by molar-refractivity contribution is 7.66. The Bertz CT molecular complexity index is 1150. The third-order valence-corrected chi connectivity index (χ3v) is 8.08. The molecule has 1 aliphatic heterocycles. The van der Waals surface area contributed by atoms with Gasteiger partial charge in [0.25, 0.3) is 0 Å². The Morgan fingerprint density at radius 1 is 1.21 bits per heavy atom. The van der Waals surface area contributed by atoms with Gasteiger partial charge in [-0.2, -0.15) is 8.62 Å². The Morgan fingerprint density at radius 3 is 2.61 bits per heavy atom. The van der Waals surface area contributed by atoms with E-state index < -0.39 is 48.5 Å². The highest BCUT2D eigenvalue weighted by Gasteiger charge is 2.43. The minimum Gasteiger partial charge on any atom is -0.383 e. The largest absolute Gasteiger partial charge is 0.490 e. The molecule has 19 heteroatoms. The van der Waals surface area contributed by atoms with E-state index in [2.05, 4.69) is 29.7 Å². The summed E-state index contributed by atoms with van der Waals surface area (Å²) in [4.78, 5) is 44.2. The molecule has 0 bridgehead atoms. The highest BCUT2D eigenvalue weighted by Crippen LogP contribution is 2.66. The molecule has 1 saturated heterocycles. The third kappa shape index (κ3) is 6.99. The van der Waals surface area contributed by atoms with Crippen LogP contribution in [0.25, 0.3) is 11.0 Å². The van der Waals surface area contributed by atoms with Gasteiger partial charge < -0.3 is 39.3 Å². The van der Waals surface area contributed by atoms with Crippen LogP contribution in [0.1, 0.15) is 12.6 Å². The standard InChI is InChI=1S/C14H21N4O12P3/c1-2-5-26-10-6-12(18-4-3-9-13(15)16-8-17-14(9)18)28-11(10)7-27-32(22,23)30-33(24,25)29-31(19,20)21/h2-4,8,10-12H,1,5-7H2,(H,22,23)(H,24,25)(H2,15,16,17)(H2,19,20,21)/t10?,11-,12-/m1/s1. The Hall–Kier alpha value is -1.51. The number of anilines is 1. The highest BCUT2D eigenvalue weighted by atomic mass is 31.3. The lowest BCUT2D eigenvalue weighted by Gasteiger charge is -2.21. The van der Waals surface area contributed by atoms with Crippen LogP contribution in [0.5, 0.6) is 0 Å². The van der Waals surface area contributed by atoms with E-state index in [0.717, 1.165) is 0 Å². The molecule has 2 aromatic heterocycles. The van der Waals surface area contributed by atoms with Crippen molar-refractivity contribution in [3.8, 4) is 0 Å². The van der Waals surface area contributed by atoms with E-state index in [4.69, 9.17) is 25.0 Å². The lowest BCUT2D eigenvalue weighted by atomic mass is 10.2. The number of nitrogens with two attached hydrogens (primary N) is 1. The van der Waals surface area contributed by atoms with Gasteiger partial charge in [0, 0.05) is 12.6 Å². The number of nitrogen functional groups attached to an aromatic ring is 1. The third-order valence-electron chi connectivity index (χ3n) is 4.28. The second-order valence-electron chi connectivity index (χ2n) is 6.63. The fraction of sp³-hybridized carbons (Fsp3) is 0.429. The van der Waals surface area contributed by atoms with Crippen LogP contribution in [0.4, 0.5) is 5.82 Å². The summed E-state index contributed by atoms with van der Waals surface area (Å²) in [6.07, 6.45) is 2.39. The molecule has 0 aromatic carbocycles. The average Bonchev–Trinajstić information content (AvgIpc) is 3.26. The summed E-state index contributed by atoms with van der Waals surface area (Å²) >= 11 is 0. The fourth-order valence-corrected chi connectivity index (χ4v) is 6.11. The number of phosphoric ester groups is 1. The lowest BCUT2D eigenvalue weighted by Crippen LogP contribution is -2.29. The molecule has 3 rings (SSSR count). The first-order chi connectivity index (χ1) is 15.3. The molecule has 6 N–H and O–H groups in total. The van der Waals surface area contributed by atoms with E-state index in [0.29, 0.717) is 11.0 Å². The van der Waals surface area contributed by atoms with Crippen molar-refractivity contribution in [3.05, 3.63) is 31.2 Å². The Balaban J connectivity index is 1.72. The monoisotopic (exact) mass is 530 g/mol. The zero-order valence-electron chi connectivity index (χ0n) is 16.7. The maximum absolute atomic E-state index is 12.0. The molecule has 16 nitrogen and oxygen atoms in total. The van der Waals surface area contributed by atoms with Gasteiger partial charge in [0.1, 0.15) is 30.1 Å². The molecule has 3 heterocycles. The summed E-state index contributed by atoms with van der Waals surface area (Å²) in [7, 11) is -16.4. The van der Waals surface area contributed by atoms with Crippen molar-refractivity contribution in [2.45, 2.75) is 24.9 Å². The molecule has 0 radical (unpaired) electrons. The van der Waals surface area contributed by atoms with Crippen LogP contribution >= 0.6 is 23.5 Å². The van der Waals surface area contributed by atoms with Crippen LogP contribution in [0.3, 0.4) is 0 Å². The predicted molar refractivity (Wildman–Crippen MR) is 110 cm³/mol. The molecule has 184 valence electrons. The molecule has 0 amide bonds. The second kappa shape index (κ2) is 10.0. The minimum atomic E-state index is -5.63. The van der Waals surface area contributed by atoms with Crippen molar-refractivity contribution in [2.75, 3.05) is 18.9 Å². The first-order valence-corrected chi connectivity index (χ1v) is 13.6. The number of hydrogen-bond acceptors (Lipinski definition) is 11. The minimum absolute atomic E-state index is 0.119. The molecule has 33 heavy (non-hydrogen) atoms. The van der Waals surface area contributed by atoms with Crippen molar-refractivity contribution in [3.63, 3.8) is 0 Å². The smallest absolute Gasteiger partial charge is 0.383 e. The summed E-state index contributed by atoms with van der Waals surface area (Å²) in [6.45, 7) is 3.01. The lowest BCUT2D eigenvalue weighted by molar-refractivity contribution is -0.0549. The molecular weight excluding hydrogens is 509 g/mol. The van der Waals surface area contributed by atoms with Crippen LogP contribution in [0, 0.1) is 0 Å². The average molecular weight is 530 g/mol. The molecule has 1 fully saturated rings. The Morgan fingerprint density at radius 2 is 1.94 bits per heavy atom. The Kier molecular flexibility index (Phi) is 7.91. The van der Waals surface area contributed by atoms with Gasteiger partial charge in [-0.1, -0.05) is 6.08 Å². The summed E-state index contributed by atoms with van der Waals surface area (Å²) in [5.74, 6) is 0.264. The molecule has 0 spiro atoms. The van der Waals surface area contributed by atoms with Crippen LogP contribution in [0.2, 0.25) is 0 Å². The van der Waals surface area contributed by atoms with Crippen molar-refractivity contribution in [1.29, 1.82) is 0 Å². The van der Waals surface area contributed by atoms with Crippen LogP contribution in [-0.2, 0) is 36.3 Å². The first-order valence-electron chi connectivity index (χ1n) is 9.03. The van der Waals surface area contributed by atoms with Gasteiger partial charge in [0.15, 0.2) is 0 Å². The molecule has 1 aliphatic rings. The van der Waals surface area contributed by atoms with Gasteiger partial charge in [-0.25, -0.2) is 23.7 Å². The van der Waals surface area contributed by atoms with Crippen molar-refractivity contribution in [2.24, 2.45) is 0 Å². The molecule has 0 aliphatic carbocycles. The fourth-order valence-electron chi connectivity index (χ4n) is 3.08. The second-order valence-corrected chi connectivity index (χ2v) is 11.1. The topological polar surface area (TPSA) is 235 Å². The van der Waals surface area contributed by atoms with Gasteiger partial charge >= 0.3 is 23.5 Å². The van der Waals surface area contributed by atoms with E-state index in [9.17, 15) is 23.5 Å². The zero-order chi connectivity index (χ0) is 24.4. The molecule has 0 saturated carbocycles. The maximum atomic E-state index is 12.0. The van der Waals surface area contributed by atoms with E-state index in [1.165, 1.54) is 12.4 Å². The number of hydrogen-bond donors (Lipinski definition) is 5.